The van der Waals surface area contributed by atoms with E-state index in [4.69, 9.17) is 4.74 Å². The van der Waals surface area contributed by atoms with Crippen LogP contribution in [-0.2, 0) is 6.54 Å². The molecule has 1 aromatic carbocycles. The minimum atomic E-state index is 0.820. The maximum absolute atomic E-state index is 5.98. The van der Waals surface area contributed by atoms with Gasteiger partial charge in [-0.1, -0.05) is 25.5 Å². The van der Waals surface area contributed by atoms with Gasteiger partial charge in [-0.15, -0.1) is 0 Å². The van der Waals surface area contributed by atoms with Crippen molar-refractivity contribution in [3.05, 3.63) is 29.8 Å². The number of ether oxygens (including phenoxy) is 1. The molecule has 2 aliphatic rings. The third-order valence-corrected chi connectivity index (χ3v) is 4.85. The predicted octanol–water partition coefficient (Wildman–Crippen LogP) is 3.61. The van der Waals surface area contributed by atoms with Crippen molar-refractivity contribution < 1.29 is 4.74 Å². The van der Waals surface area contributed by atoms with Gasteiger partial charge in [0.1, 0.15) is 5.75 Å². The van der Waals surface area contributed by atoms with Gasteiger partial charge in [0.25, 0.3) is 0 Å². The van der Waals surface area contributed by atoms with Crippen molar-refractivity contribution in [1.29, 1.82) is 0 Å². The van der Waals surface area contributed by atoms with E-state index in [1.807, 2.05) is 0 Å². The minimum absolute atomic E-state index is 0.820. The molecule has 0 amide bonds. The summed E-state index contributed by atoms with van der Waals surface area (Å²) in [6.07, 6.45) is 5.79. The predicted molar refractivity (Wildman–Crippen MR) is 78.3 cm³/mol. The van der Waals surface area contributed by atoms with Crippen LogP contribution in [0.4, 0.5) is 0 Å². The first-order valence-electron chi connectivity index (χ1n) is 7.77. The van der Waals surface area contributed by atoms with E-state index >= 15 is 0 Å². The maximum atomic E-state index is 5.98. The molecule has 0 aliphatic heterocycles. The summed E-state index contributed by atoms with van der Waals surface area (Å²) in [4.78, 5) is 0. The summed E-state index contributed by atoms with van der Waals surface area (Å²) < 4.78 is 5.98. The third kappa shape index (κ3) is 3.11. The molecular formula is C17H25NO. The normalized spacial score (nSPS) is 28.8. The fraction of sp³-hybridized carbons (Fsp3) is 0.647. The minimum Gasteiger partial charge on any atom is -0.493 e. The van der Waals surface area contributed by atoms with E-state index in [0.29, 0.717) is 0 Å². The second-order valence-corrected chi connectivity index (χ2v) is 6.17. The van der Waals surface area contributed by atoms with E-state index in [-0.39, 0.29) is 0 Å². The second kappa shape index (κ2) is 5.96. The summed E-state index contributed by atoms with van der Waals surface area (Å²) in [6, 6.07) is 8.55. The highest BCUT2D eigenvalue weighted by Crippen LogP contribution is 2.48. The topological polar surface area (TPSA) is 21.3 Å². The standard InChI is InChI=1S/C17H25NO/c1-2-18-11-13-4-7-17(8-5-13)19-12-16-10-14-3-6-15(16)9-14/h4-5,7-8,14-16,18H,2-3,6,9-12H2,1H3. The zero-order valence-corrected chi connectivity index (χ0v) is 11.9. The van der Waals surface area contributed by atoms with Gasteiger partial charge in [0.05, 0.1) is 6.61 Å². The highest BCUT2D eigenvalue weighted by atomic mass is 16.5. The Kier molecular flexibility index (Phi) is 4.07. The molecule has 1 N–H and O–H groups in total. The van der Waals surface area contributed by atoms with Gasteiger partial charge in [0, 0.05) is 6.54 Å². The molecule has 2 heteroatoms. The molecule has 3 unspecified atom stereocenters. The van der Waals surface area contributed by atoms with Gasteiger partial charge in [-0.05, 0) is 61.3 Å². The van der Waals surface area contributed by atoms with Gasteiger partial charge in [0.2, 0.25) is 0 Å². The van der Waals surface area contributed by atoms with Crippen molar-refractivity contribution in [2.24, 2.45) is 17.8 Å². The Hall–Kier alpha value is -1.02. The highest BCUT2D eigenvalue weighted by Gasteiger charge is 2.39. The lowest BCUT2D eigenvalue weighted by atomic mass is 9.89. The molecule has 3 atom stereocenters. The number of benzene rings is 1. The van der Waals surface area contributed by atoms with E-state index in [1.54, 1.807) is 0 Å². The first kappa shape index (κ1) is 13.0. The molecule has 2 fully saturated rings. The number of fused-ring (bicyclic) bond motifs is 2. The fourth-order valence-electron chi connectivity index (χ4n) is 3.76. The molecule has 0 saturated heterocycles. The van der Waals surface area contributed by atoms with E-state index in [1.165, 1.54) is 31.2 Å². The average molecular weight is 259 g/mol. The zero-order valence-electron chi connectivity index (χ0n) is 11.9. The molecule has 0 aromatic heterocycles. The smallest absolute Gasteiger partial charge is 0.119 e. The SMILES string of the molecule is CCNCc1ccc(OCC2CC3CCC2C3)cc1. The summed E-state index contributed by atoms with van der Waals surface area (Å²) in [5.74, 6) is 3.82. The zero-order chi connectivity index (χ0) is 13.1. The average Bonchev–Trinajstić information content (AvgIpc) is 3.06. The van der Waals surface area contributed by atoms with Crippen molar-refractivity contribution >= 4 is 0 Å². The summed E-state index contributed by atoms with van der Waals surface area (Å²) in [7, 11) is 0. The lowest BCUT2D eigenvalue weighted by Crippen LogP contribution is -2.18. The lowest BCUT2D eigenvalue weighted by molar-refractivity contribution is 0.195. The van der Waals surface area contributed by atoms with Gasteiger partial charge in [-0.25, -0.2) is 0 Å². The van der Waals surface area contributed by atoms with Gasteiger partial charge < -0.3 is 10.1 Å². The Bertz CT molecular complexity index is 400. The van der Waals surface area contributed by atoms with Crippen LogP contribution in [0.5, 0.6) is 5.75 Å². The first-order valence-corrected chi connectivity index (χ1v) is 7.77. The van der Waals surface area contributed by atoms with Crippen molar-refractivity contribution in [3.63, 3.8) is 0 Å². The van der Waals surface area contributed by atoms with E-state index < -0.39 is 0 Å². The largest absolute Gasteiger partial charge is 0.493 e. The summed E-state index contributed by atoms with van der Waals surface area (Å²) in [5.41, 5.74) is 1.33. The number of rotatable bonds is 6. The van der Waals surface area contributed by atoms with Crippen LogP contribution in [0.25, 0.3) is 0 Å². The van der Waals surface area contributed by atoms with Gasteiger partial charge >= 0.3 is 0 Å². The Morgan fingerprint density at radius 2 is 2.00 bits per heavy atom. The van der Waals surface area contributed by atoms with Crippen LogP contribution in [0.3, 0.4) is 0 Å². The lowest BCUT2D eigenvalue weighted by Gasteiger charge is -2.21. The van der Waals surface area contributed by atoms with Gasteiger partial charge in [0.15, 0.2) is 0 Å². The second-order valence-electron chi connectivity index (χ2n) is 6.17. The Balaban J connectivity index is 1.47. The van der Waals surface area contributed by atoms with Crippen molar-refractivity contribution in [3.8, 4) is 5.75 Å². The summed E-state index contributed by atoms with van der Waals surface area (Å²) >= 11 is 0. The van der Waals surface area contributed by atoms with Crippen LogP contribution in [0, 0.1) is 17.8 Å². The molecule has 0 spiro atoms. The molecule has 19 heavy (non-hydrogen) atoms. The van der Waals surface area contributed by atoms with Crippen molar-refractivity contribution in [2.45, 2.75) is 39.2 Å². The van der Waals surface area contributed by atoms with Gasteiger partial charge in [-0.2, -0.15) is 0 Å². The number of nitrogens with one attached hydrogen (secondary N) is 1. The number of hydrogen-bond acceptors (Lipinski definition) is 2. The molecule has 2 bridgehead atoms. The quantitative estimate of drug-likeness (QED) is 0.842. The molecule has 0 radical (unpaired) electrons. The Morgan fingerprint density at radius 1 is 1.16 bits per heavy atom. The molecule has 1 aromatic rings. The molecule has 3 rings (SSSR count). The van der Waals surface area contributed by atoms with Crippen LogP contribution in [-0.4, -0.2) is 13.2 Å². The Morgan fingerprint density at radius 3 is 2.63 bits per heavy atom. The third-order valence-electron chi connectivity index (χ3n) is 4.85. The van der Waals surface area contributed by atoms with Gasteiger partial charge in [-0.3, -0.25) is 0 Å². The molecule has 2 nitrogen and oxygen atoms in total. The van der Waals surface area contributed by atoms with Crippen LogP contribution in [0.15, 0.2) is 24.3 Å². The van der Waals surface area contributed by atoms with Crippen LogP contribution < -0.4 is 10.1 Å². The monoisotopic (exact) mass is 259 g/mol. The van der Waals surface area contributed by atoms with E-state index in [9.17, 15) is 0 Å². The Labute approximate surface area is 116 Å². The maximum Gasteiger partial charge on any atom is 0.119 e. The first-order chi connectivity index (χ1) is 9.35. The summed E-state index contributed by atoms with van der Waals surface area (Å²) in [6.45, 7) is 5.02. The summed E-state index contributed by atoms with van der Waals surface area (Å²) in [5, 5.41) is 3.34. The van der Waals surface area contributed by atoms with Crippen LogP contribution in [0.1, 0.15) is 38.2 Å². The van der Waals surface area contributed by atoms with E-state index in [0.717, 1.165) is 43.2 Å². The molecule has 104 valence electrons. The molecule has 0 heterocycles. The van der Waals surface area contributed by atoms with E-state index in [2.05, 4.69) is 36.5 Å². The molecule has 2 aliphatic carbocycles. The molecular weight excluding hydrogens is 234 g/mol. The number of hydrogen-bond donors (Lipinski definition) is 1. The van der Waals surface area contributed by atoms with Crippen LogP contribution >= 0.6 is 0 Å². The highest BCUT2D eigenvalue weighted by molar-refractivity contribution is 5.27. The van der Waals surface area contributed by atoms with Crippen molar-refractivity contribution in [1.82, 2.24) is 5.32 Å². The van der Waals surface area contributed by atoms with Crippen molar-refractivity contribution in [2.75, 3.05) is 13.2 Å². The van der Waals surface area contributed by atoms with Crippen LogP contribution in [0.2, 0.25) is 0 Å². The fourth-order valence-corrected chi connectivity index (χ4v) is 3.76. The molecule has 2 saturated carbocycles.